The van der Waals surface area contributed by atoms with Crippen molar-refractivity contribution in [1.29, 1.82) is 0 Å². The first kappa shape index (κ1) is 27.1. The molecule has 2 bridgehead atoms. The van der Waals surface area contributed by atoms with E-state index in [9.17, 15) is 18.0 Å². The van der Waals surface area contributed by atoms with Gasteiger partial charge in [0.25, 0.3) is 0 Å². The molecule has 3 heterocycles. The summed E-state index contributed by atoms with van der Waals surface area (Å²) in [7, 11) is -3.89. The van der Waals surface area contributed by atoms with Crippen LogP contribution in [0, 0.1) is 5.92 Å². The second-order valence-corrected chi connectivity index (χ2v) is 13.9. The lowest BCUT2D eigenvalue weighted by Gasteiger charge is -2.45. The maximum absolute atomic E-state index is 14.1. The summed E-state index contributed by atoms with van der Waals surface area (Å²) in [6.45, 7) is 3.79. The first-order chi connectivity index (χ1) is 18.7. The van der Waals surface area contributed by atoms with Gasteiger partial charge in [0.05, 0.1) is 36.2 Å². The van der Waals surface area contributed by atoms with Gasteiger partial charge in [-0.2, -0.15) is 4.31 Å². The molecule has 3 amide bonds. The number of benzene rings is 1. The molecule has 214 valence electrons. The smallest absolute Gasteiger partial charge is 0.410 e. The van der Waals surface area contributed by atoms with Crippen LogP contribution in [0.2, 0.25) is 5.02 Å². The van der Waals surface area contributed by atoms with E-state index in [1.807, 2.05) is 11.8 Å². The summed E-state index contributed by atoms with van der Waals surface area (Å²) in [6, 6.07) is 5.16. The quantitative estimate of drug-likeness (QED) is 0.529. The highest BCUT2D eigenvalue weighted by atomic mass is 35.5. The van der Waals surface area contributed by atoms with Gasteiger partial charge < -0.3 is 24.6 Å². The largest absolute Gasteiger partial charge is 0.441 e. The molecule has 12 heteroatoms. The molecule has 3 aliphatic heterocycles. The predicted molar refractivity (Wildman–Crippen MR) is 144 cm³/mol. The number of hydrogen-bond acceptors (Lipinski definition) is 6. The standard InChI is InChI=1S/C27H37ClN4O6S/c1-2-29-25(33)31-20-7-8-21(31)15-30(14-20)26(34)38-27(11-12-27)24-17-37-16-22(13-18-3-4-18)32(24)39(35,36)23-9-5-19(28)6-10-23/h5-6,9-10,18,20-22,24H,2-4,7-8,11-17H2,1H3,(H,29,33)/t20?,21?,22-,24-/m1/s1. The number of ether oxygens (including phenoxy) is 2. The number of piperazine rings is 1. The van der Waals surface area contributed by atoms with Crippen molar-refractivity contribution < 1.29 is 27.5 Å². The molecule has 39 heavy (non-hydrogen) atoms. The molecule has 1 aromatic carbocycles. The highest BCUT2D eigenvalue weighted by Crippen LogP contribution is 2.49. The van der Waals surface area contributed by atoms with Crippen LogP contribution in [0.5, 0.6) is 0 Å². The zero-order chi connectivity index (χ0) is 27.4. The van der Waals surface area contributed by atoms with Crippen molar-refractivity contribution >= 4 is 33.7 Å². The van der Waals surface area contributed by atoms with E-state index in [2.05, 4.69) is 5.32 Å². The van der Waals surface area contributed by atoms with Crippen molar-refractivity contribution in [2.24, 2.45) is 5.92 Å². The molecule has 2 aliphatic carbocycles. The minimum absolute atomic E-state index is 0.0410. The fraction of sp³-hybridized carbons (Fsp3) is 0.704. The maximum Gasteiger partial charge on any atom is 0.410 e. The van der Waals surface area contributed by atoms with Crippen molar-refractivity contribution in [3.8, 4) is 0 Å². The van der Waals surface area contributed by atoms with Gasteiger partial charge in [0, 0.05) is 30.7 Å². The van der Waals surface area contributed by atoms with E-state index in [0.717, 1.165) is 32.1 Å². The molecule has 0 radical (unpaired) electrons. The number of sulfonamides is 1. The normalized spacial score (nSPS) is 30.2. The maximum atomic E-state index is 14.1. The fourth-order valence-electron chi connectivity index (χ4n) is 6.59. The number of urea groups is 1. The van der Waals surface area contributed by atoms with Crippen molar-refractivity contribution in [3.63, 3.8) is 0 Å². The van der Waals surface area contributed by atoms with Crippen molar-refractivity contribution in [2.45, 2.75) is 86.5 Å². The third kappa shape index (κ3) is 5.23. The summed E-state index contributed by atoms with van der Waals surface area (Å²) in [6.07, 6.45) is 5.36. The van der Waals surface area contributed by atoms with Gasteiger partial charge in [-0.1, -0.05) is 24.4 Å². The summed E-state index contributed by atoms with van der Waals surface area (Å²) in [5, 5.41) is 3.35. The molecule has 4 atom stereocenters. The van der Waals surface area contributed by atoms with Crippen LogP contribution in [0.3, 0.4) is 0 Å². The molecule has 6 rings (SSSR count). The van der Waals surface area contributed by atoms with Crippen LogP contribution in [0.25, 0.3) is 0 Å². The zero-order valence-corrected chi connectivity index (χ0v) is 23.8. The Kier molecular flexibility index (Phi) is 7.22. The van der Waals surface area contributed by atoms with E-state index in [-0.39, 0.29) is 35.7 Å². The summed E-state index contributed by atoms with van der Waals surface area (Å²) in [5.74, 6) is 0.495. The van der Waals surface area contributed by atoms with E-state index in [1.165, 1.54) is 12.1 Å². The van der Waals surface area contributed by atoms with Gasteiger partial charge in [0.1, 0.15) is 5.60 Å². The van der Waals surface area contributed by atoms with Crippen molar-refractivity contribution in [1.82, 2.24) is 19.4 Å². The monoisotopic (exact) mass is 580 g/mol. The average molecular weight is 581 g/mol. The SMILES string of the molecule is CCNC(=O)N1C2CCC1CN(C(=O)OC1([C@H]3COC[C@@H](CC4CC4)N3S(=O)(=O)c3ccc(Cl)cc3)CC1)C2. The topological polar surface area (TPSA) is 108 Å². The number of nitrogens with zero attached hydrogens (tertiary/aromatic N) is 3. The molecule has 10 nitrogen and oxygen atoms in total. The van der Waals surface area contributed by atoms with Gasteiger partial charge in [-0.3, -0.25) is 0 Å². The number of rotatable bonds is 7. The average Bonchev–Trinajstić information content (AvgIpc) is 3.84. The van der Waals surface area contributed by atoms with E-state index >= 15 is 0 Å². The number of morpholine rings is 1. The molecular weight excluding hydrogens is 544 g/mol. The first-order valence-corrected chi connectivity index (χ1v) is 15.9. The van der Waals surface area contributed by atoms with Crippen LogP contribution in [0.15, 0.2) is 29.2 Å². The Morgan fingerprint density at radius 1 is 1.08 bits per heavy atom. The predicted octanol–water partition coefficient (Wildman–Crippen LogP) is 3.45. The molecule has 0 spiro atoms. The Morgan fingerprint density at radius 2 is 1.74 bits per heavy atom. The summed E-state index contributed by atoms with van der Waals surface area (Å²) in [5.41, 5.74) is -0.922. The summed E-state index contributed by atoms with van der Waals surface area (Å²) < 4.78 is 41.9. The van der Waals surface area contributed by atoms with Crippen molar-refractivity contribution in [2.75, 3.05) is 32.8 Å². The Bertz CT molecular complexity index is 1190. The molecule has 3 saturated heterocycles. The zero-order valence-electron chi connectivity index (χ0n) is 22.3. The molecule has 5 aliphatic rings. The summed E-state index contributed by atoms with van der Waals surface area (Å²) in [4.78, 5) is 29.8. The molecule has 5 fully saturated rings. The van der Waals surface area contributed by atoms with Crippen LogP contribution in [0.1, 0.15) is 51.9 Å². The number of amides is 3. The molecule has 2 unspecified atom stereocenters. The second kappa shape index (κ2) is 10.4. The fourth-order valence-corrected chi connectivity index (χ4v) is 8.57. The van der Waals surface area contributed by atoms with Crippen LogP contribution in [-0.2, 0) is 19.5 Å². The lowest BCUT2D eigenvalue weighted by molar-refractivity contribution is -0.0756. The minimum Gasteiger partial charge on any atom is -0.441 e. The van der Waals surface area contributed by atoms with Crippen molar-refractivity contribution in [3.05, 3.63) is 29.3 Å². The molecule has 1 aromatic rings. The molecule has 2 saturated carbocycles. The summed E-state index contributed by atoms with van der Waals surface area (Å²) >= 11 is 6.05. The van der Waals surface area contributed by atoms with Gasteiger partial charge in [0.2, 0.25) is 10.0 Å². The van der Waals surface area contributed by atoms with Crippen LogP contribution >= 0.6 is 11.6 Å². The molecule has 0 aromatic heterocycles. The highest BCUT2D eigenvalue weighted by molar-refractivity contribution is 7.89. The number of nitrogens with one attached hydrogen (secondary N) is 1. The number of halogens is 1. The number of likely N-dealkylation sites (tertiary alicyclic amines) is 1. The number of carbonyl (C=O) groups excluding carboxylic acids is 2. The van der Waals surface area contributed by atoms with Gasteiger partial charge in [0.15, 0.2) is 0 Å². The Balaban J connectivity index is 1.22. The third-order valence-electron chi connectivity index (χ3n) is 8.89. The Hall–Kier alpha value is -2.08. The number of carbonyl (C=O) groups is 2. The lowest BCUT2D eigenvalue weighted by atomic mass is 10.0. The van der Waals surface area contributed by atoms with E-state index in [0.29, 0.717) is 50.0 Å². The minimum atomic E-state index is -3.89. The number of hydrogen-bond donors (Lipinski definition) is 1. The number of fused-ring (bicyclic) bond motifs is 2. The first-order valence-electron chi connectivity index (χ1n) is 14.1. The van der Waals surface area contributed by atoms with E-state index in [1.54, 1.807) is 21.3 Å². The highest BCUT2D eigenvalue weighted by Gasteiger charge is 2.61. The molecular formula is C27H37ClN4O6S. The Labute approximate surface area is 235 Å². The van der Waals surface area contributed by atoms with Gasteiger partial charge in [-0.25, -0.2) is 18.0 Å². The van der Waals surface area contributed by atoms with Crippen LogP contribution < -0.4 is 5.32 Å². The van der Waals surface area contributed by atoms with Gasteiger partial charge >= 0.3 is 12.1 Å². The Morgan fingerprint density at radius 3 is 2.33 bits per heavy atom. The molecule has 1 N–H and O–H groups in total. The van der Waals surface area contributed by atoms with Gasteiger partial charge in [-0.05, 0) is 69.2 Å². The third-order valence-corrected chi connectivity index (χ3v) is 11.1. The second-order valence-electron chi connectivity index (χ2n) is 11.6. The van der Waals surface area contributed by atoms with Crippen LogP contribution in [0.4, 0.5) is 9.59 Å². The van der Waals surface area contributed by atoms with Gasteiger partial charge in [-0.15, -0.1) is 0 Å². The lowest BCUT2D eigenvalue weighted by Crippen LogP contribution is -2.62. The van der Waals surface area contributed by atoms with E-state index < -0.39 is 27.8 Å². The van der Waals surface area contributed by atoms with E-state index in [4.69, 9.17) is 21.1 Å². The van der Waals surface area contributed by atoms with Crippen LogP contribution in [-0.4, -0.2) is 97.3 Å².